The molecule has 1 aromatic rings. The van der Waals surface area contributed by atoms with Crippen molar-refractivity contribution in [3.8, 4) is 0 Å². The molecule has 3 nitrogen and oxygen atoms in total. The van der Waals surface area contributed by atoms with Gasteiger partial charge in [-0.3, -0.25) is 0 Å². The van der Waals surface area contributed by atoms with Gasteiger partial charge in [0, 0.05) is 25.7 Å². The topological polar surface area (TPSA) is 24.8 Å². The molecule has 100 valence electrons. The SMILES string of the molecule is CCOCSC(=Nc1ccc(Cl)cc1C)N(C)C. The maximum Gasteiger partial charge on any atom is 0.166 e. The summed E-state index contributed by atoms with van der Waals surface area (Å²) in [6.45, 7) is 4.70. The zero-order chi connectivity index (χ0) is 13.5. The number of hydrogen-bond acceptors (Lipinski definition) is 3. The number of aliphatic imine (C=N–C) groups is 1. The molecular weight excluding hydrogens is 268 g/mol. The van der Waals surface area contributed by atoms with Crippen LogP contribution in [0.15, 0.2) is 23.2 Å². The molecule has 18 heavy (non-hydrogen) atoms. The smallest absolute Gasteiger partial charge is 0.166 e. The highest BCUT2D eigenvalue weighted by Gasteiger charge is 2.05. The molecule has 0 amide bonds. The van der Waals surface area contributed by atoms with E-state index < -0.39 is 0 Å². The van der Waals surface area contributed by atoms with E-state index in [2.05, 4.69) is 4.99 Å². The Bertz CT molecular complexity index is 421. The average Bonchev–Trinajstić information content (AvgIpc) is 2.30. The fourth-order valence-corrected chi connectivity index (χ4v) is 2.29. The third kappa shape index (κ3) is 4.88. The van der Waals surface area contributed by atoms with Crippen molar-refractivity contribution in [3.63, 3.8) is 0 Å². The quantitative estimate of drug-likeness (QED) is 0.363. The largest absolute Gasteiger partial charge is 0.371 e. The van der Waals surface area contributed by atoms with Crippen molar-refractivity contribution in [2.24, 2.45) is 4.99 Å². The molecular formula is C13H19ClN2OS. The molecule has 0 radical (unpaired) electrons. The average molecular weight is 287 g/mol. The van der Waals surface area contributed by atoms with Gasteiger partial charge in [-0.2, -0.15) is 0 Å². The molecule has 0 heterocycles. The Kier molecular flexibility index (Phi) is 6.54. The van der Waals surface area contributed by atoms with E-state index in [0.29, 0.717) is 12.5 Å². The summed E-state index contributed by atoms with van der Waals surface area (Å²) >= 11 is 7.52. The summed E-state index contributed by atoms with van der Waals surface area (Å²) in [4.78, 5) is 6.62. The molecule has 0 fully saturated rings. The van der Waals surface area contributed by atoms with Crippen LogP contribution in [0.1, 0.15) is 12.5 Å². The Hall–Kier alpha value is -0.710. The Morgan fingerprint density at radius 3 is 2.72 bits per heavy atom. The fourth-order valence-electron chi connectivity index (χ4n) is 1.29. The van der Waals surface area contributed by atoms with E-state index in [-0.39, 0.29) is 0 Å². The van der Waals surface area contributed by atoms with Crippen LogP contribution in [0.4, 0.5) is 5.69 Å². The second kappa shape index (κ2) is 7.67. The van der Waals surface area contributed by atoms with Crippen molar-refractivity contribution < 1.29 is 4.74 Å². The molecule has 0 N–H and O–H groups in total. The van der Waals surface area contributed by atoms with E-state index in [1.54, 1.807) is 11.8 Å². The number of ether oxygens (including phenoxy) is 1. The van der Waals surface area contributed by atoms with Gasteiger partial charge in [0.2, 0.25) is 0 Å². The molecule has 0 aliphatic rings. The number of halogens is 1. The minimum absolute atomic E-state index is 0.611. The summed E-state index contributed by atoms with van der Waals surface area (Å²) in [5.41, 5.74) is 2.01. The van der Waals surface area contributed by atoms with Gasteiger partial charge in [0.05, 0.1) is 11.6 Å². The first-order valence-electron chi connectivity index (χ1n) is 5.77. The number of rotatable bonds is 4. The molecule has 5 heteroatoms. The number of aryl methyl sites for hydroxylation is 1. The van der Waals surface area contributed by atoms with Crippen LogP contribution >= 0.6 is 23.4 Å². The van der Waals surface area contributed by atoms with E-state index in [0.717, 1.165) is 21.4 Å². The van der Waals surface area contributed by atoms with Gasteiger partial charge in [-0.05, 0) is 37.6 Å². The van der Waals surface area contributed by atoms with Gasteiger partial charge in [0.25, 0.3) is 0 Å². The Labute approximate surface area is 118 Å². The summed E-state index contributed by atoms with van der Waals surface area (Å²) in [5, 5.41) is 1.66. The first-order valence-corrected chi connectivity index (χ1v) is 7.13. The second-order valence-corrected chi connectivity index (χ2v) is 5.30. The van der Waals surface area contributed by atoms with Gasteiger partial charge in [-0.25, -0.2) is 4.99 Å². The molecule has 0 saturated carbocycles. The molecule has 0 bridgehead atoms. The van der Waals surface area contributed by atoms with Crippen molar-refractivity contribution >= 4 is 34.2 Å². The van der Waals surface area contributed by atoms with E-state index in [4.69, 9.17) is 16.3 Å². The lowest BCUT2D eigenvalue weighted by Crippen LogP contribution is -2.19. The number of thioether (sulfide) groups is 1. The van der Waals surface area contributed by atoms with Crippen molar-refractivity contribution in [1.82, 2.24) is 4.90 Å². The van der Waals surface area contributed by atoms with E-state index in [1.165, 1.54) is 0 Å². The first-order chi connectivity index (χ1) is 8.54. The summed E-state index contributed by atoms with van der Waals surface area (Å²) in [6, 6.07) is 5.71. The van der Waals surface area contributed by atoms with Gasteiger partial charge in [0.15, 0.2) is 5.17 Å². The maximum absolute atomic E-state index is 5.93. The van der Waals surface area contributed by atoms with Crippen molar-refractivity contribution in [1.29, 1.82) is 0 Å². The van der Waals surface area contributed by atoms with Gasteiger partial charge in [-0.1, -0.05) is 23.4 Å². The normalized spacial score (nSPS) is 11.7. The standard InChI is InChI=1S/C13H19ClN2OS/c1-5-17-9-18-13(16(3)4)15-12-7-6-11(14)8-10(12)2/h6-8H,5,9H2,1-4H3. The van der Waals surface area contributed by atoms with Crippen LogP contribution in [-0.2, 0) is 4.74 Å². The van der Waals surface area contributed by atoms with Gasteiger partial charge < -0.3 is 9.64 Å². The molecule has 0 unspecified atom stereocenters. The molecule has 0 atom stereocenters. The van der Waals surface area contributed by atoms with Crippen LogP contribution in [0.5, 0.6) is 0 Å². The minimum Gasteiger partial charge on any atom is -0.371 e. The van der Waals surface area contributed by atoms with Crippen LogP contribution in [-0.4, -0.2) is 36.7 Å². The zero-order valence-electron chi connectivity index (χ0n) is 11.2. The lowest BCUT2D eigenvalue weighted by atomic mass is 10.2. The maximum atomic E-state index is 5.93. The lowest BCUT2D eigenvalue weighted by molar-refractivity contribution is 0.199. The van der Waals surface area contributed by atoms with Crippen LogP contribution in [0, 0.1) is 6.92 Å². The monoisotopic (exact) mass is 286 g/mol. The zero-order valence-corrected chi connectivity index (χ0v) is 12.8. The highest BCUT2D eigenvalue weighted by Crippen LogP contribution is 2.24. The summed E-state index contributed by atoms with van der Waals surface area (Å²) < 4.78 is 5.34. The van der Waals surface area contributed by atoms with Crippen LogP contribution in [0.2, 0.25) is 5.02 Å². The van der Waals surface area contributed by atoms with Gasteiger partial charge in [0.1, 0.15) is 0 Å². The number of benzene rings is 1. The van der Waals surface area contributed by atoms with Gasteiger partial charge in [-0.15, -0.1) is 0 Å². The van der Waals surface area contributed by atoms with E-state index >= 15 is 0 Å². The fraction of sp³-hybridized carbons (Fsp3) is 0.462. The summed E-state index contributed by atoms with van der Waals surface area (Å²) in [7, 11) is 3.95. The second-order valence-electron chi connectivity index (χ2n) is 3.97. The number of hydrogen-bond donors (Lipinski definition) is 0. The van der Waals surface area contributed by atoms with E-state index in [1.807, 2.05) is 51.0 Å². The van der Waals surface area contributed by atoms with Gasteiger partial charge >= 0.3 is 0 Å². The lowest BCUT2D eigenvalue weighted by Gasteiger charge is -2.15. The van der Waals surface area contributed by atoms with Crippen molar-refractivity contribution in [3.05, 3.63) is 28.8 Å². The predicted molar refractivity (Wildman–Crippen MR) is 81.1 cm³/mol. The summed E-state index contributed by atoms with van der Waals surface area (Å²) in [5.74, 6) is 0.611. The molecule has 0 spiro atoms. The Morgan fingerprint density at radius 1 is 1.44 bits per heavy atom. The molecule has 0 aliphatic carbocycles. The third-order valence-corrected chi connectivity index (χ3v) is 3.47. The Morgan fingerprint density at radius 2 is 2.17 bits per heavy atom. The highest BCUT2D eigenvalue weighted by molar-refractivity contribution is 8.13. The van der Waals surface area contributed by atoms with Crippen LogP contribution in [0.25, 0.3) is 0 Å². The molecule has 1 rings (SSSR count). The van der Waals surface area contributed by atoms with Crippen molar-refractivity contribution in [2.75, 3.05) is 26.6 Å². The predicted octanol–water partition coefficient (Wildman–Crippen LogP) is 3.92. The highest BCUT2D eigenvalue weighted by atomic mass is 35.5. The van der Waals surface area contributed by atoms with E-state index in [9.17, 15) is 0 Å². The first kappa shape index (κ1) is 15.3. The molecule has 0 aromatic heterocycles. The number of nitrogens with zero attached hydrogens (tertiary/aromatic N) is 2. The molecule has 0 aliphatic heterocycles. The van der Waals surface area contributed by atoms with Crippen LogP contribution in [0.3, 0.4) is 0 Å². The third-order valence-electron chi connectivity index (χ3n) is 2.23. The summed E-state index contributed by atoms with van der Waals surface area (Å²) in [6.07, 6.45) is 0. The van der Waals surface area contributed by atoms with Crippen LogP contribution < -0.4 is 0 Å². The molecule has 0 saturated heterocycles. The Balaban J connectivity index is 2.86. The number of amidine groups is 1. The van der Waals surface area contributed by atoms with Crippen molar-refractivity contribution in [2.45, 2.75) is 13.8 Å². The molecule has 1 aromatic carbocycles. The minimum atomic E-state index is 0.611.